The summed E-state index contributed by atoms with van der Waals surface area (Å²) in [5.74, 6) is 0.241. The molecular formula is C13H15N3O2. The van der Waals surface area contributed by atoms with E-state index in [2.05, 4.69) is 5.32 Å². The van der Waals surface area contributed by atoms with Crippen LogP contribution in [-0.4, -0.2) is 5.91 Å². The summed E-state index contributed by atoms with van der Waals surface area (Å²) in [4.78, 5) is 11.3. The molecule has 0 fully saturated rings. The number of benzene rings is 1. The summed E-state index contributed by atoms with van der Waals surface area (Å²) in [5, 5.41) is 3.14. The van der Waals surface area contributed by atoms with Gasteiger partial charge in [-0.2, -0.15) is 0 Å². The first-order valence-electron chi connectivity index (χ1n) is 5.58. The second kappa shape index (κ2) is 4.83. The van der Waals surface area contributed by atoms with Crippen molar-refractivity contribution >= 4 is 17.3 Å². The van der Waals surface area contributed by atoms with Crippen LogP contribution in [0.4, 0.5) is 11.4 Å². The second-order valence-corrected chi connectivity index (χ2v) is 4.02. The smallest absolute Gasteiger partial charge is 0.250 e. The largest absolute Gasteiger partial charge is 0.467 e. The highest BCUT2D eigenvalue weighted by Crippen LogP contribution is 2.27. The van der Waals surface area contributed by atoms with Crippen molar-refractivity contribution in [2.24, 2.45) is 5.73 Å². The predicted octanol–water partition coefficient (Wildman–Crippen LogP) is 2.13. The molecule has 18 heavy (non-hydrogen) atoms. The van der Waals surface area contributed by atoms with E-state index in [9.17, 15) is 4.79 Å². The number of primary amides is 1. The Bertz CT molecular complexity index is 549. The zero-order chi connectivity index (χ0) is 13.1. The molecule has 1 heterocycles. The van der Waals surface area contributed by atoms with E-state index in [4.69, 9.17) is 15.9 Å². The van der Waals surface area contributed by atoms with E-state index in [1.54, 1.807) is 30.5 Å². The van der Waals surface area contributed by atoms with Gasteiger partial charge >= 0.3 is 0 Å². The fourth-order valence-electron chi connectivity index (χ4n) is 1.76. The first kappa shape index (κ1) is 12.0. The summed E-state index contributed by atoms with van der Waals surface area (Å²) < 4.78 is 5.29. The van der Waals surface area contributed by atoms with Crippen LogP contribution in [0, 0.1) is 0 Å². The number of anilines is 2. The standard InChI is InChI=1S/C13H15N3O2/c1-8(11-6-3-7-18-11)16-12-9(13(15)17)4-2-5-10(12)14/h2-8,16H,14H2,1H3,(H2,15,17). The van der Waals surface area contributed by atoms with E-state index in [1.807, 2.05) is 13.0 Å². The van der Waals surface area contributed by atoms with E-state index in [0.29, 0.717) is 16.9 Å². The van der Waals surface area contributed by atoms with Crippen LogP contribution in [0.5, 0.6) is 0 Å². The van der Waals surface area contributed by atoms with Crippen LogP contribution in [0.25, 0.3) is 0 Å². The van der Waals surface area contributed by atoms with Gasteiger partial charge in [-0.25, -0.2) is 0 Å². The van der Waals surface area contributed by atoms with Gasteiger partial charge < -0.3 is 21.2 Å². The van der Waals surface area contributed by atoms with Gasteiger partial charge in [0.15, 0.2) is 0 Å². The number of hydrogen-bond acceptors (Lipinski definition) is 4. The maximum atomic E-state index is 11.3. The second-order valence-electron chi connectivity index (χ2n) is 4.02. The summed E-state index contributed by atoms with van der Waals surface area (Å²) in [5.41, 5.74) is 12.6. The molecule has 0 radical (unpaired) electrons. The van der Waals surface area contributed by atoms with Crippen LogP contribution in [0.1, 0.15) is 29.1 Å². The Hall–Kier alpha value is -2.43. The van der Waals surface area contributed by atoms with Crippen molar-refractivity contribution < 1.29 is 9.21 Å². The lowest BCUT2D eigenvalue weighted by atomic mass is 10.1. The van der Waals surface area contributed by atoms with Crippen LogP contribution in [-0.2, 0) is 0 Å². The molecule has 0 saturated carbocycles. The first-order chi connectivity index (χ1) is 8.59. The number of carbonyl (C=O) groups excluding carboxylic acids is 1. The number of hydrogen-bond donors (Lipinski definition) is 3. The minimum Gasteiger partial charge on any atom is -0.467 e. The molecule has 1 unspecified atom stereocenters. The topological polar surface area (TPSA) is 94.3 Å². The van der Waals surface area contributed by atoms with Crippen LogP contribution in [0.15, 0.2) is 41.0 Å². The van der Waals surface area contributed by atoms with Crippen LogP contribution >= 0.6 is 0 Å². The molecule has 0 spiro atoms. The van der Waals surface area contributed by atoms with Crippen molar-refractivity contribution in [1.82, 2.24) is 0 Å². The van der Waals surface area contributed by atoms with Crippen molar-refractivity contribution in [1.29, 1.82) is 0 Å². The highest BCUT2D eigenvalue weighted by molar-refractivity contribution is 6.01. The maximum absolute atomic E-state index is 11.3. The minimum absolute atomic E-state index is 0.109. The number of para-hydroxylation sites is 1. The molecular weight excluding hydrogens is 230 g/mol. The molecule has 0 saturated heterocycles. The van der Waals surface area contributed by atoms with Gasteiger partial charge in [-0.3, -0.25) is 4.79 Å². The SMILES string of the molecule is CC(Nc1c(N)cccc1C(N)=O)c1ccco1. The molecule has 2 rings (SSSR count). The summed E-state index contributed by atoms with van der Waals surface area (Å²) in [6.45, 7) is 1.91. The number of rotatable bonds is 4. The minimum atomic E-state index is -0.517. The quantitative estimate of drug-likeness (QED) is 0.719. The fraction of sp³-hybridized carbons (Fsp3) is 0.154. The lowest BCUT2D eigenvalue weighted by Gasteiger charge is -2.17. The third kappa shape index (κ3) is 2.29. The van der Waals surface area contributed by atoms with Gasteiger partial charge in [0.25, 0.3) is 5.91 Å². The van der Waals surface area contributed by atoms with E-state index < -0.39 is 5.91 Å². The fourth-order valence-corrected chi connectivity index (χ4v) is 1.76. The molecule has 0 aliphatic carbocycles. The van der Waals surface area contributed by atoms with Crippen LogP contribution < -0.4 is 16.8 Å². The molecule has 1 aromatic carbocycles. The molecule has 1 amide bonds. The Kier molecular flexibility index (Phi) is 3.23. The average Bonchev–Trinajstić information content (AvgIpc) is 2.85. The van der Waals surface area contributed by atoms with E-state index in [1.165, 1.54) is 0 Å². The number of nitrogen functional groups attached to an aromatic ring is 1. The van der Waals surface area contributed by atoms with Crippen molar-refractivity contribution in [2.45, 2.75) is 13.0 Å². The summed E-state index contributed by atoms with van der Waals surface area (Å²) in [7, 11) is 0. The molecule has 5 nitrogen and oxygen atoms in total. The Morgan fingerprint density at radius 2 is 2.11 bits per heavy atom. The Labute approximate surface area is 105 Å². The zero-order valence-electron chi connectivity index (χ0n) is 10.0. The molecule has 0 aliphatic rings. The van der Waals surface area contributed by atoms with E-state index >= 15 is 0 Å². The maximum Gasteiger partial charge on any atom is 0.250 e. The molecule has 0 aliphatic heterocycles. The Morgan fingerprint density at radius 1 is 1.33 bits per heavy atom. The Balaban J connectivity index is 2.31. The highest BCUT2D eigenvalue weighted by atomic mass is 16.3. The number of nitrogens with one attached hydrogen (secondary N) is 1. The molecule has 1 atom stereocenters. The molecule has 2 aromatic rings. The average molecular weight is 245 g/mol. The molecule has 5 N–H and O–H groups in total. The predicted molar refractivity (Wildman–Crippen MR) is 70.1 cm³/mol. The number of carbonyl (C=O) groups is 1. The summed E-state index contributed by atoms with van der Waals surface area (Å²) in [6.07, 6.45) is 1.59. The highest BCUT2D eigenvalue weighted by Gasteiger charge is 2.15. The zero-order valence-corrected chi connectivity index (χ0v) is 10.0. The van der Waals surface area contributed by atoms with Crippen LogP contribution in [0.3, 0.4) is 0 Å². The van der Waals surface area contributed by atoms with Gasteiger partial charge in [0, 0.05) is 0 Å². The van der Waals surface area contributed by atoms with E-state index in [-0.39, 0.29) is 6.04 Å². The third-order valence-corrected chi connectivity index (χ3v) is 2.69. The molecule has 5 heteroatoms. The molecule has 0 bridgehead atoms. The monoisotopic (exact) mass is 245 g/mol. The van der Waals surface area contributed by atoms with Gasteiger partial charge in [-0.05, 0) is 31.2 Å². The first-order valence-corrected chi connectivity index (χ1v) is 5.58. The van der Waals surface area contributed by atoms with Crippen molar-refractivity contribution in [3.63, 3.8) is 0 Å². The lowest BCUT2D eigenvalue weighted by molar-refractivity contribution is 0.100. The number of nitrogens with two attached hydrogens (primary N) is 2. The van der Waals surface area contributed by atoms with E-state index in [0.717, 1.165) is 5.76 Å². The van der Waals surface area contributed by atoms with Gasteiger partial charge in [-0.15, -0.1) is 0 Å². The summed E-state index contributed by atoms with van der Waals surface area (Å²) >= 11 is 0. The van der Waals surface area contributed by atoms with Crippen LogP contribution in [0.2, 0.25) is 0 Å². The summed E-state index contributed by atoms with van der Waals surface area (Å²) in [6, 6.07) is 8.58. The van der Waals surface area contributed by atoms with Crippen molar-refractivity contribution in [3.8, 4) is 0 Å². The normalized spacial score (nSPS) is 12.1. The number of amides is 1. The molecule has 1 aromatic heterocycles. The number of furan rings is 1. The lowest BCUT2D eigenvalue weighted by Crippen LogP contribution is -2.17. The van der Waals surface area contributed by atoms with Gasteiger partial charge in [-0.1, -0.05) is 6.07 Å². The van der Waals surface area contributed by atoms with Crippen molar-refractivity contribution in [3.05, 3.63) is 47.9 Å². The van der Waals surface area contributed by atoms with Gasteiger partial charge in [0.1, 0.15) is 5.76 Å². The van der Waals surface area contributed by atoms with Gasteiger partial charge in [0.2, 0.25) is 0 Å². The van der Waals surface area contributed by atoms with Crippen molar-refractivity contribution in [2.75, 3.05) is 11.1 Å². The van der Waals surface area contributed by atoms with Gasteiger partial charge in [0.05, 0.1) is 29.2 Å². The third-order valence-electron chi connectivity index (χ3n) is 2.69. The Morgan fingerprint density at radius 3 is 2.72 bits per heavy atom. The molecule has 94 valence electrons.